The molecule has 4 rings (SSSR count). The number of carbonyl (C=O) groups is 1. The molecule has 162 valence electrons. The fourth-order valence-corrected chi connectivity index (χ4v) is 3.46. The molecule has 6 heteroatoms. The quantitative estimate of drug-likeness (QED) is 0.421. The number of ether oxygens (including phenoxy) is 1. The highest BCUT2D eigenvalue weighted by molar-refractivity contribution is 6.00. The summed E-state index contributed by atoms with van der Waals surface area (Å²) >= 11 is 0. The average Bonchev–Trinajstić information content (AvgIpc) is 3.35. The number of rotatable bonds is 9. The highest BCUT2D eigenvalue weighted by atomic mass is 16.5. The van der Waals surface area contributed by atoms with Gasteiger partial charge in [0, 0.05) is 36.3 Å². The molecule has 0 spiro atoms. The number of nitrogens with one attached hydrogen (secondary N) is 1. The molecule has 4 aromatic rings. The van der Waals surface area contributed by atoms with E-state index in [1.807, 2.05) is 72.4 Å². The Labute approximate surface area is 187 Å². The van der Waals surface area contributed by atoms with Crippen LogP contribution in [0.3, 0.4) is 0 Å². The van der Waals surface area contributed by atoms with E-state index in [9.17, 15) is 4.79 Å². The highest BCUT2D eigenvalue weighted by Crippen LogP contribution is 2.25. The molecule has 0 radical (unpaired) electrons. The van der Waals surface area contributed by atoms with Crippen LogP contribution in [0.5, 0.6) is 5.88 Å². The molecule has 2 heterocycles. The third kappa shape index (κ3) is 5.21. The van der Waals surface area contributed by atoms with Crippen molar-refractivity contribution in [3.8, 4) is 17.0 Å². The summed E-state index contributed by atoms with van der Waals surface area (Å²) in [6.07, 6.45) is 6.31. The fourth-order valence-electron chi connectivity index (χ4n) is 3.46. The van der Waals surface area contributed by atoms with Crippen LogP contribution in [-0.4, -0.2) is 27.3 Å². The molecule has 1 N–H and O–H groups in total. The van der Waals surface area contributed by atoms with Crippen molar-refractivity contribution < 1.29 is 9.53 Å². The lowest BCUT2D eigenvalue weighted by Crippen LogP contribution is -2.24. The summed E-state index contributed by atoms with van der Waals surface area (Å²) in [7, 11) is 0. The zero-order valence-corrected chi connectivity index (χ0v) is 18.1. The summed E-state index contributed by atoms with van der Waals surface area (Å²) in [5.41, 5.74) is 4.52. The van der Waals surface area contributed by atoms with Crippen LogP contribution in [0, 0.1) is 0 Å². The third-order valence-corrected chi connectivity index (χ3v) is 5.07. The van der Waals surface area contributed by atoms with E-state index < -0.39 is 0 Å². The van der Waals surface area contributed by atoms with E-state index in [1.165, 1.54) is 0 Å². The van der Waals surface area contributed by atoms with E-state index >= 15 is 0 Å². The van der Waals surface area contributed by atoms with Crippen molar-refractivity contribution in [2.45, 2.75) is 26.4 Å². The van der Waals surface area contributed by atoms with E-state index in [0.29, 0.717) is 31.1 Å². The second-order valence-electron chi connectivity index (χ2n) is 7.44. The monoisotopic (exact) mass is 426 g/mol. The van der Waals surface area contributed by atoms with Gasteiger partial charge in [-0.25, -0.2) is 4.98 Å². The molecule has 32 heavy (non-hydrogen) atoms. The van der Waals surface area contributed by atoms with Crippen LogP contribution < -0.4 is 10.1 Å². The first-order valence-corrected chi connectivity index (χ1v) is 10.7. The number of hydrogen-bond donors (Lipinski definition) is 1. The van der Waals surface area contributed by atoms with Crippen LogP contribution in [0.25, 0.3) is 11.1 Å². The molecular weight excluding hydrogens is 400 g/mol. The van der Waals surface area contributed by atoms with Crippen molar-refractivity contribution in [1.82, 2.24) is 20.1 Å². The normalized spacial score (nSPS) is 10.7. The molecule has 2 aromatic carbocycles. The van der Waals surface area contributed by atoms with Gasteiger partial charge in [-0.3, -0.25) is 9.48 Å². The van der Waals surface area contributed by atoms with Gasteiger partial charge in [0.1, 0.15) is 0 Å². The van der Waals surface area contributed by atoms with Gasteiger partial charge in [0.2, 0.25) is 5.88 Å². The van der Waals surface area contributed by atoms with Gasteiger partial charge in [-0.15, -0.1) is 0 Å². The van der Waals surface area contributed by atoms with Crippen molar-refractivity contribution in [1.29, 1.82) is 0 Å². The standard InChI is InChI=1S/C26H26N4O2/c1-2-17-32-26-22(7-5-14-27-26)18-28-25(31)24-9-4-3-8-23(24)21-12-10-20(11-13-21)19-30-16-6-15-29-30/h3-16H,2,17-19H2,1H3,(H,28,31). The zero-order chi connectivity index (χ0) is 22.2. The number of benzene rings is 2. The molecule has 0 saturated heterocycles. The number of carbonyl (C=O) groups excluding carboxylic acids is 1. The number of hydrogen-bond acceptors (Lipinski definition) is 4. The summed E-state index contributed by atoms with van der Waals surface area (Å²) in [6.45, 7) is 3.70. The van der Waals surface area contributed by atoms with E-state index in [2.05, 4.69) is 27.5 Å². The van der Waals surface area contributed by atoms with Gasteiger partial charge in [0.15, 0.2) is 0 Å². The third-order valence-electron chi connectivity index (χ3n) is 5.07. The SMILES string of the molecule is CCCOc1ncccc1CNC(=O)c1ccccc1-c1ccc(Cn2cccn2)cc1. The van der Waals surface area contributed by atoms with Gasteiger partial charge in [-0.05, 0) is 41.3 Å². The van der Waals surface area contributed by atoms with Gasteiger partial charge >= 0.3 is 0 Å². The Morgan fingerprint density at radius 3 is 2.62 bits per heavy atom. The first-order chi connectivity index (χ1) is 15.7. The average molecular weight is 427 g/mol. The van der Waals surface area contributed by atoms with Gasteiger partial charge in [0.05, 0.1) is 13.2 Å². The van der Waals surface area contributed by atoms with Crippen LogP contribution >= 0.6 is 0 Å². The van der Waals surface area contributed by atoms with Crippen molar-refractivity contribution in [3.05, 3.63) is 102 Å². The Morgan fingerprint density at radius 2 is 1.84 bits per heavy atom. The second kappa shape index (κ2) is 10.4. The molecule has 1 amide bonds. The first-order valence-electron chi connectivity index (χ1n) is 10.7. The van der Waals surface area contributed by atoms with Crippen molar-refractivity contribution in [2.24, 2.45) is 0 Å². The smallest absolute Gasteiger partial charge is 0.252 e. The maximum atomic E-state index is 13.0. The van der Waals surface area contributed by atoms with Crippen molar-refractivity contribution in [2.75, 3.05) is 6.61 Å². The molecule has 0 unspecified atom stereocenters. The topological polar surface area (TPSA) is 69.0 Å². The summed E-state index contributed by atoms with van der Waals surface area (Å²) in [6, 6.07) is 21.5. The van der Waals surface area contributed by atoms with Crippen LogP contribution in [0.1, 0.15) is 34.8 Å². The van der Waals surface area contributed by atoms with E-state index in [0.717, 1.165) is 28.7 Å². The minimum absolute atomic E-state index is 0.133. The molecule has 0 bridgehead atoms. The Balaban J connectivity index is 1.48. The molecule has 0 fully saturated rings. The van der Waals surface area contributed by atoms with Gasteiger partial charge < -0.3 is 10.1 Å². The number of nitrogens with zero attached hydrogens (tertiary/aromatic N) is 3. The predicted molar refractivity (Wildman–Crippen MR) is 124 cm³/mol. The van der Waals surface area contributed by atoms with Crippen LogP contribution in [-0.2, 0) is 13.1 Å². The minimum Gasteiger partial charge on any atom is -0.477 e. The maximum Gasteiger partial charge on any atom is 0.252 e. The molecule has 2 aromatic heterocycles. The number of pyridine rings is 1. The Morgan fingerprint density at radius 1 is 1.00 bits per heavy atom. The molecular formula is C26H26N4O2. The summed E-state index contributed by atoms with van der Waals surface area (Å²) in [4.78, 5) is 17.3. The van der Waals surface area contributed by atoms with Gasteiger partial charge in [-0.1, -0.05) is 55.5 Å². The van der Waals surface area contributed by atoms with Crippen LogP contribution in [0.2, 0.25) is 0 Å². The molecule has 0 aliphatic heterocycles. The Bertz CT molecular complexity index is 1150. The molecule has 6 nitrogen and oxygen atoms in total. The summed E-state index contributed by atoms with van der Waals surface area (Å²) in [5, 5.41) is 7.26. The van der Waals surface area contributed by atoms with Crippen molar-refractivity contribution >= 4 is 5.91 Å². The number of amides is 1. The van der Waals surface area contributed by atoms with E-state index in [-0.39, 0.29) is 5.91 Å². The lowest BCUT2D eigenvalue weighted by Gasteiger charge is -2.13. The summed E-state index contributed by atoms with van der Waals surface area (Å²) in [5.74, 6) is 0.433. The Kier molecular flexibility index (Phi) is 6.92. The molecule has 0 saturated carbocycles. The minimum atomic E-state index is -0.133. The van der Waals surface area contributed by atoms with Crippen molar-refractivity contribution in [3.63, 3.8) is 0 Å². The second-order valence-corrected chi connectivity index (χ2v) is 7.44. The molecule has 0 aliphatic rings. The lowest BCUT2D eigenvalue weighted by molar-refractivity contribution is 0.0951. The van der Waals surface area contributed by atoms with Crippen LogP contribution in [0.4, 0.5) is 0 Å². The molecule has 0 aliphatic carbocycles. The first kappa shape index (κ1) is 21.3. The van der Waals surface area contributed by atoms with Gasteiger partial charge in [-0.2, -0.15) is 5.10 Å². The van der Waals surface area contributed by atoms with Gasteiger partial charge in [0.25, 0.3) is 5.91 Å². The highest BCUT2D eigenvalue weighted by Gasteiger charge is 2.13. The summed E-state index contributed by atoms with van der Waals surface area (Å²) < 4.78 is 7.58. The lowest BCUT2D eigenvalue weighted by atomic mass is 9.98. The number of aromatic nitrogens is 3. The van der Waals surface area contributed by atoms with E-state index in [1.54, 1.807) is 12.4 Å². The van der Waals surface area contributed by atoms with Crippen LogP contribution in [0.15, 0.2) is 85.3 Å². The fraction of sp³-hybridized carbons (Fsp3) is 0.192. The maximum absolute atomic E-state index is 13.0. The zero-order valence-electron chi connectivity index (χ0n) is 18.1. The largest absolute Gasteiger partial charge is 0.477 e. The Hall–Kier alpha value is -3.93. The molecule has 0 atom stereocenters. The predicted octanol–water partition coefficient (Wildman–Crippen LogP) is 4.71. The van der Waals surface area contributed by atoms with E-state index in [4.69, 9.17) is 4.74 Å².